The standard InChI is InChI=1S/C30H30N2O4/c1-4-36-30(35)28-21(3)32(27(33)18-26(28)23-8-6-5-7-9-23)19-22-12-14-24(15-13-22)29(34)31-25-16-10-20(2)11-17-25/h5-17,26H,4,18-19H2,1-3H3,(H,31,34). The summed E-state index contributed by atoms with van der Waals surface area (Å²) in [4.78, 5) is 40.4. The van der Waals surface area contributed by atoms with Crippen LogP contribution in [0.25, 0.3) is 0 Å². The van der Waals surface area contributed by atoms with Crippen LogP contribution in [0.15, 0.2) is 90.1 Å². The average Bonchev–Trinajstić information content (AvgIpc) is 2.88. The number of ether oxygens (including phenoxy) is 1. The second-order valence-corrected chi connectivity index (χ2v) is 8.88. The van der Waals surface area contributed by atoms with Crippen LogP contribution in [-0.4, -0.2) is 29.3 Å². The van der Waals surface area contributed by atoms with Crippen molar-refractivity contribution < 1.29 is 19.1 Å². The summed E-state index contributed by atoms with van der Waals surface area (Å²) in [5, 5.41) is 2.89. The Morgan fingerprint density at radius 3 is 2.25 bits per heavy atom. The van der Waals surface area contributed by atoms with Crippen molar-refractivity contribution in [3.05, 3.63) is 112 Å². The lowest BCUT2D eigenvalue weighted by atomic mass is 9.83. The molecule has 184 valence electrons. The molecule has 6 heteroatoms. The molecule has 1 atom stereocenters. The van der Waals surface area contributed by atoms with E-state index < -0.39 is 5.97 Å². The number of nitrogens with zero attached hydrogens (tertiary/aromatic N) is 1. The van der Waals surface area contributed by atoms with Gasteiger partial charge in [-0.05, 0) is 56.2 Å². The molecule has 0 spiro atoms. The Bertz CT molecular complexity index is 1280. The fourth-order valence-electron chi connectivity index (χ4n) is 4.43. The highest BCUT2D eigenvalue weighted by molar-refractivity contribution is 6.04. The number of nitrogens with one attached hydrogen (secondary N) is 1. The normalized spacial score (nSPS) is 15.6. The Hall–Kier alpha value is -4.19. The molecule has 4 rings (SSSR count). The maximum absolute atomic E-state index is 13.2. The summed E-state index contributed by atoms with van der Waals surface area (Å²) >= 11 is 0. The number of carbonyl (C=O) groups excluding carboxylic acids is 3. The molecule has 0 radical (unpaired) electrons. The van der Waals surface area contributed by atoms with Gasteiger partial charge in [-0.2, -0.15) is 0 Å². The van der Waals surface area contributed by atoms with Gasteiger partial charge in [-0.3, -0.25) is 9.59 Å². The van der Waals surface area contributed by atoms with E-state index >= 15 is 0 Å². The number of benzene rings is 3. The van der Waals surface area contributed by atoms with Gasteiger partial charge in [0, 0.05) is 29.3 Å². The first-order valence-electron chi connectivity index (χ1n) is 12.1. The zero-order valence-corrected chi connectivity index (χ0v) is 20.8. The highest BCUT2D eigenvalue weighted by Gasteiger charge is 2.36. The number of anilines is 1. The Balaban J connectivity index is 1.54. The zero-order valence-electron chi connectivity index (χ0n) is 20.8. The predicted octanol–water partition coefficient (Wildman–Crippen LogP) is 5.60. The van der Waals surface area contributed by atoms with Crippen LogP contribution in [0.3, 0.4) is 0 Å². The lowest BCUT2D eigenvalue weighted by molar-refractivity contribution is -0.140. The lowest BCUT2D eigenvalue weighted by Crippen LogP contribution is -2.38. The van der Waals surface area contributed by atoms with Crippen LogP contribution < -0.4 is 5.32 Å². The number of esters is 1. The zero-order chi connectivity index (χ0) is 25.7. The van der Waals surface area contributed by atoms with E-state index in [0.29, 0.717) is 23.4 Å². The summed E-state index contributed by atoms with van der Waals surface area (Å²) in [5.41, 5.74) is 5.25. The van der Waals surface area contributed by atoms with Gasteiger partial charge >= 0.3 is 5.97 Å². The summed E-state index contributed by atoms with van der Waals surface area (Å²) in [5.74, 6) is -1.01. The topological polar surface area (TPSA) is 75.7 Å². The van der Waals surface area contributed by atoms with E-state index in [1.54, 1.807) is 30.9 Å². The Morgan fingerprint density at radius 1 is 0.944 bits per heavy atom. The van der Waals surface area contributed by atoms with Gasteiger partial charge in [0.2, 0.25) is 5.91 Å². The maximum Gasteiger partial charge on any atom is 0.336 e. The largest absolute Gasteiger partial charge is 0.463 e. The molecule has 6 nitrogen and oxygen atoms in total. The molecule has 2 amide bonds. The summed E-state index contributed by atoms with van der Waals surface area (Å²) in [7, 11) is 0. The van der Waals surface area contributed by atoms with Crippen molar-refractivity contribution in [2.45, 2.75) is 39.7 Å². The predicted molar refractivity (Wildman–Crippen MR) is 139 cm³/mol. The molecule has 36 heavy (non-hydrogen) atoms. The molecule has 1 unspecified atom stereocenters. The molecule has 0 aromatic heterocycles. The van der Waals surface area contributed by atoms with Crippen LogP contribution >= 0.6 is 0 Å². The number of hydrogen-bond acceptors (Lipinski definition) is 4. The van der Waals surface area contributed by atoms with Gasteiger partial charge in [0.05, 0.1) is 18.7 Å². The molecule has 3 aromatic rings. The molecule has 1 heterocycles. The van der Waals surface area contributed by atoms with Crippen molar-refractivity contribution in [3.63, 3.8) is 0 Å². The maximum atomic E-state index is 13.2. The van der Waals surface area contributed by atoms with Crippen molar-refractivity contribution in [1.29, 1.82) is 0 Å². The van der Waals surface area contributed by atoms with Crippen molar-refractivity contribution >= 4 is 23.5 Å². The Labute approximate surface area is 211 Å². The van der Waals surface area contributed by atoms with Gasteiger partial charge in [0.15, 0.2) is 0 Å². The van der Waals surface area contributed by atoms with E-state index in [4.69, 9.17) is 4.74 Å². The van der Waals surface area contributed by atoms with Crippen LogP contribution in [-0.2, 0) is 20.9 Å². The van der Waals surface area contributed by atoms with E-state index in [0.717, 1.165) is 22.4 Å². The van der Waals surface area contributed by atoms with Crippen molar-refractivity contribution in [2.24, 2.45) is 0 Å². The molecule has 0 fully saturated rings. The summed E-state index contributed by atoms with van der Waals surface area (Å²) < 4.78 is 5.36. The monoisotopic (exact) mass is 482 g/mol. The molecule has 0 saturated carbocycles. The molecule has 1 N–H and O–H groups in total. The van der Waals surface area contributed by atoms with Gasteiger partial charge in [-0.15, -0.1) is 0 Å². The van der Waals surface area contributed by atoms with Crippen LogP contribution in [0.1, 0.15) is 53.2 Å². The SMILES string of the molecule is CCOC(=O)C1=C(C)N(Cc2ccc(C(=O)Nc3ccc(C)cc3)cc2)C(=O)CC1c1ccccc1. The summed E-state index contributed by atoms with van der Waals surface area (Å²) in [6, 6.07) is 24.3. The van der Waals surface area contributed by atoms with Crippen molar-refractivity contribution in [1.82, 2.24) is 4.90 Å². The molecule has 0 bridgehead atoms. The van der Waals surface area contributed by atoms with E-state index in [1.165, 1.54) is 0 Å². The average molecular weight is 483 g/mol. The van der Waals surface area contributed by atoms with E-state index in [1.807, 2.05) is 73.7 Å². The molecule has 0 aliphatic carbocycles. The number of hydrogen-bond donors (Lipinski definition) is 1. The van der Waals surface area contributed by atoms with Crippen LogP contribution in [0, 0.1) is 6.92 Å². The molecule has 3 aromatic carbocycles. The Kier molecular flexibility index (Phi) is 7.64. The second kappa shape index (κ2) is 11.0. The molecule has 1 aliphatic rings. The minimum atomic E-state index is -0.399. The first kappa shape index (κ1) is 24.9. The third-order valence-corrected chi connectivity index (χ3v) is 6.39. The highest BCUT2D eigenvalue weighted by atomic mass is 16.5. The highest BCUT2D eigenvalue weighted by Crippen LogP contribution is 2.37. The van der Waals surface area contributed by atoms with Crippen molar-refractivity contribution in [3.8, 4) is 0 Å². The lowest BCUT2D eigenvalue weighted by Gasteiger charge is -2.34. The fraction of sp³-hybridized carbons (Fsp3) is 0.233. The number of carbonyl (C=O) groups is 3. The minimum Gasteiger partial charge on any atom is -0.463 e. The van der Waals surface area contributed by atoms with E-state index in [2.05, 4.69) is 5.32 Å². The molecular formula is C30H30N2O4. The molecular weight excluding hydrogens is 452 g/mol. The van der Waals surface area contributed by atoms with Crippen LogP contribution in [0.2, 0.25) is 0 Å². The molecule has 0 saturated heterocycles. The summed E-state index contributed by atoms with van der Waals surface area (Å²) in [6.45, 7) is 6.12. The van der Waals surface area contributed by atoms with Crippen LogP contribution in [0.5, 0.6) is 0 Å². The second-order valence-electron chi connectivity index (χ2n) is 8.88. The quantitative estimate of drug-likeness (QED) is 0.445. The van der Waals surface area contributed by atoms with Gasteiger partial charge in [0.25, 0.3) is 5.91 Å². The first-order valence-corrected chi connectivity index (χ1v) is 12.1. The van der Waals surface area contributed by atoms with Gasteiger partial charge in [-0.25, -0.2) is 4.79 Å². The Morgan fingerprint density at radius 2 is 1.61 bits per heavy atom. The number of amides is 2. The smallest absolute Gasteiger partial charge is 0.336 e. The first-order chi connectivity index (χ1) is 17.4. The molecule has 1 aliphatic heterocycles. The third kappa shape index (κ3) is 5.54. The van der Waals surface area contributed by atoms with Gasteiger partial charge in [0.1, 0.15) is 0 Å². The van der Waals surface area contributed by atoms with Gasteiger partial charge in [-0.1, -0.05) is 60.2 Å². The van der Waals surface area contributed by atoms with E-state index in [-0.39, 0.29) is 30.8 Å². The minimum absolute atomic E-state index is 0.0596. The van der Waals surface area contributed by atoms with Crippen molar-refractivity contribution in [2.75, 3.05) is 11.9 Å². The number of aryl methyl sites for hydroxylation is 1. The fourth-order valence-corrected chi connectivity index (χ4v) is 4.43. The third-order valence-electron chi connectivity index (χ3n) is 6.39. The number of allylic oxidation sites excluding steroid dienone is 1. The summed E-state index contributed by atoms with van der Waals surface area (Å²) in [6.07, 6.45) is 0.187. The van der Waals surface area contributed by atoms with Gasteiger partial charge < -0.3 is 15.0 Å². The van der Waals surface area contributed by atoms with Crippen LogP contribution in [0.4, 0.5) is 5.69 Å². The van der Waals surface area contributed by atoms with E-state index in [9.17, 15) is 14.4 Å². The number of rotatable bonds is 7.